The number of hydrogen-bond donors (Lipinski definition) is 3. The third kappa shape index (κ3) is 4.29. The molecule has 0 saturated heterocycles. The van der Waals surface area contributed by atoms with Gasteiger partial charge in [0.25, 0.3) is 5.91 Å². The molecular formula is C30H31F3N2O3. The monoisotopic (exact) mass is 524 g/mol. The van der Waals surface area contributed by atoms with Crippen molar-refractivity contribution in [2.75, 3.05) is 5.32 Å². The van der Waals surface area contributed by atoms with Crippen molar-refractivity contribution in [1.29, 1.82) is 0 Å². The van der Waals surface area contributed by atoms with Crippen LogP contribution in [0.25, 0.3) is 0 Å². The predicted molar refractivity (Wildman–Crippen MR) is 138 cm³/mol. The maximum absolute atomic E-state index is 14.1. The Morgan fingerprint density at radius 3 is 2.53 bits per heavy atom. The minimum absolute atomic E-state index is 0.261. The van der Waals surface area contributed by atoms with E-state index in [1.165, 1.54) is 0 Å². The van der Waals surface area contributed by atoms with Crippen molar-refractivity contribution < 1.29 is 28.2 Å². The maximum atomic E-state index is 14.1. The van der Waals surface area contributed by atoms with Crippen molar-refractivity contribution in [1.82, 2.24) is 4.98 Å². The summed E-state index contributed by atoms with van der Waals surface area (Å²) in [5, 5.41) is 25.0. The number of halogens is 3. The number of rotatable bonds is 4. The summed E-state index contributed by atoms with van der Waals surface area (Å²) in [5.41, 5.74) is -2.08. The summed E-state index contributed by atoms with van der Waals surface area (Å²) in [5.74, 6) is -0.815. The van der Waals surface area contributed by atoms with Gasteiger partial charge >= 0.3 is 6.18 Å². The van der Waals surface area contributed by atoms with E-state index in [2.05, 4.69) is 10.3 Å². The third-order valence-corrected chi connectivity index (χ3v) is 8.63. The fourth-order valence-corrected chi connectivity index (χ4v) is 6.62. The number of anilines is 1. The Balaban J connectivity index is 1.57. The molecule has 5 nitrogen and oxygen atoms in total. The number of pyridine rings is 1. The standard InChI is InChI=1S/C30H31F3N2O3/c1-19-25(9-6-14-34-19)35-26(36)22-11-13-24-21(15-22)10-12-23-17-29(38,30(31,32)33)27(2,37)18-28(23,24)16-20-7-4-3-5-8-20/h3-9,11,13-15,23,37-38H,10,12,16-18H2,1-2H3,(H,35,36)/t23-,27-,28-,29+/m1/s1. The number of carbonyl (C=O) groups excluding carboxylic acids is 1. The fourth-order valence-electron chi connectivity index (χ4n) is 6.62. The molecule has 0 bridgehead atoms. The largest absolute Gasteiger partial charge is 0.420 e. The summed E-state index contributed by atoms with van der Waals surface area (Å²) in [7, 11) is 0. The van der Waals surface area contributed by atoms with Crippen LogP contribution in [-0.4, -0.2) is 38.5 Å². The van der Waals surface area contributed by atoms with Gasteiger partial charge in [0, 0.05) is 17.2 Å². The number of hydrogen-bond acceptors (Lipinski definition) is 4. The molecule has 3 N–H and O–H groups in total. The Kier molecular flexibility index (Phi) is 6.39. The van der Waals surface area contributed by atoms with Crippen LogP contribution in [0.15, 0.2) is 66.9 Å². The Labute approximate surface area is 219 Å². The van der Waals surface area contributed by atoms with Gasteiger partial charge in [0.1, 0.15) is 5.60 Å². The molecular weight excluding hydrogens is 493 g/mol. The number of benzene rings is 2. The number of carbonyl (C=O) groups is 1. The van der Waals surface area contributed by atoms with Gasteiger partial charge in [-0.2, -0.15) is 13.2 Å². The molecule has 2 aromatic carbocycles. The summed E-state index contributed by atoms with van der Waals surface area (Å²) >= 11 is 0. The molecule has 5 rings (SSSR count). The lowest BCUT2D eigenvalue weighted by atomic mass is 9.49. The van der Waals surface area contributed by atoms with Crippen molar-refractivity contribution in [2.45, 2.75) is 68.7 Å². The Hall–Kier alpha value is -3.23. The molecule has 2 aliphatic carbocycles. The molecule has 38 heavy (non-hydrogen) atoms. The van der Waals surface area contributed by atoms with E-state index in [0.717, 1.165) is 23.6 Å². The molecule has 4 atom stereocenters. The lowest BCUT2D eigenvalue weighted by Crippen LogP contribution is -2.69. The van der Waals surface area contributed by atoms with Crippen LogP contribution in [0.4, 0.5) is 18.9 Å². The van der Waals surface area contributed by atoms with Crippen molar-refractivity contribution in [2.24, 2.45) is 5.92 Å². The Morgan fingerprint density at radius 2 is 1.84 bits per heavy atom. The molecule has 0 spiro atoms. The van der Waals surface area contributed by atoms with Crippen LogP contribution < -0.4 is 5.32 Å². The zero-order valence-electron chi connectivity index (χ0n) is 21.3. The number of aliphatic hydroxyl groups is 2. The zero-order valence-corrected chi connectivity index (χ0v) is 21.3. The maximum Gasteiger partial charge on any atom is 0.420 e. The second-order valence-electron chi connectivity index (χ2n) is 11.0. The van der Waals surface area contributed by atoms with E-state index < -0.39 is 35.1 Å². The topological polar surface area (TPSA) is 82.5 Å². The summed E-state index contributed by atoms with van der Waals surface area (Å²) in [6.07, 6.45) is -2.88. The molecule has 1 aromatic heterocycles. The van der Waals surface area contributed by atoms with E-state index in [0.29, 0.717) is 36.2 Å². The van der Waals surface area contributed by atoms with Gasteiger partial charge in [-0.05, 0) is 92.8 Å². The minimum Gasteiger partial charge on any atom is -0.387 e. The lowest BCUT2D eigenvalue weighted by Gasteiger charge is -2.59. The highest BCUT2D eigenvalue weighted by molar-refractivity contribution is 6.04. The summed E-state index contributed by atoms with van der Waals surface area (Å²) in [6.45, 7) is 2.89. The Bertz CT molecular complexity index is 1360. The Morgan fingerprint density at radius 1 is 1.11 bits per heavy atom. The highest BCUT2D eigenvalue weighted by atomic mass is 19.4. The minimum atomic E-state index is -4.97. The van der Waals surface area contributed by atoms with Gasteiger partial charge in [0.05, 0.1) is 11.4 Å². The van der Waals surface area contributed by atoms with Crippen LogP contribution in [0, 0.1) is 12.8 Å². The van der Waals surface area contributed by atoms with E-state index in [-0.39, 0.29) is 12.3 Å². The zero-order chi connectivity index (χ0) is 27.3. The van der Waals surface area contributed by atoms with Gasteiger partial charge in [-0.3, -0.25) is 9.78 Å². The van der Waals surface area contributed by atoms with Crippen LogP contribution in [0.1, 0.15) is 58.9 Å². The van der Waals surface area contributed by atoms with E-state index in [1.54, 1.807) is 37.4 Å². The van der Waals surface area contributed by atoms with Gasteiger partial charge < -0.3 is 15.5 Å². The first kappa shape index (κ1) is 26.4. The molecule has 1 amide bonds. The number of amides is 1. The van der Waals surface area contributed by atoms with E-state index in [1.807, 2.05) is 36.4 Å². The smallest absolute Gasteiger partial charge is 0.387 e. The highest BCUT2D eigenvalue weighted by Gasteiger charge is 2.70. The van der Waals surface area contributed by atoms with Gasteiger partial charge in [-0.15, -0.1) is 0 Å². The number of alkyl halides is 3. The number of nitrogens with one attached hydrogen (secondary N) is 1. The van der Waals surface area contributed by atoms with Crippen LogP contribution >= 0.6 is 0 Å². The molecule has 2 aliphatic rings. The number of nitrogens with zero attached hydrogens (tertiary/aromatic N) is 1. The van der Waals surface area contributed by atoms with Crippen LogP contribution in [0.5, 0.6) is 0 Å². The molecule has 1 saturated carbocycles. The predicted octanol–water partition coefficient (Wildman–Crippen LogP) is 5.52. The quantitative estimate of drug-likeness (QED) is 0.420. The third-order valence-electron chi connectivity index (χ3n) is 8.63. The van der Waals surface area contributed by atoms with Crippen molar-refractivity contribution in [3.8, 4) is 0 Å². The van der Waals surface area contributed by atoms with Crippen LogP contribution in [0.3, 0.4) is 0 Å². The van der Waals surface area contributed by atoms with Gasteiger partial charge in [-0.25, -0.2) is 0 Å². The van der Waals surface area contributed by atoms with Gasteiger partial charge in [-0.1, -0.05) is 36.4 Å². The van der Waals surface area contributed by atoms with Crippen LogP contribution in [-0.2, 0) is 18.3 Å². The van der Waals surface area contributed by atoms with Crippen molar-refractivity contribution in [3.05, 3.63) is 94.8 Å². The molecule has 0 aliphatic heterocycles. The van der Waals surface area contributed by atoms with E-state index in [9.17, 15) is 28.2 Å². The normalized spacial score (nSPS) is 28.8. The first-order valence-corrected chi connectivity index (χ1v) is 12.8. The molecule has 1 fully saturated rings. The van der Waals surface area contributed by atoms with E-state index >= 15 is 0 Å². The lowest BCUT2D eigenvalue weighted by molar-refractivity contribution is -0.338. The molecule has 0 radical (unpaired) electrons. The van der Waals surface area contributed by atoms with E-state index in [4.69, 9.17) is 0 Å². The van der Waals surface area contributed by atoms with Gasteiger partial charge in [0.2, 0.25) is 0 Å². The van der Waals surface area contributed by atoms with Crippen molar-refractivity contribution in [3.63, 3.8) is 0 Å². The average Bonchev–Trinajstić information content (AvgIpc) is 2.86. The molecule has 8 heteroatoms. The summed E-state index contributed by atoms with van der Waals surface area (Å²) in [6, 6.07) is 18.3. The summed E-state index contributed by atoms with van der Waals surface area (Å²) < 4.78 is 42.4. The molecule has 0 unspecified atom stereocenters. The van der Waals surface area contributed by atoms with Crippen LogP contribution in [0.2, 0.25) is 0 Å². The average molecular weight is 525 g/mol. The molecule has 1 heterocycles. The number of aromatic nitrogens is 1. The fraction of sp³-hybridized carbons (Fsp3) is 0.400. The van der Waals surface area contributed by atoms with Crippen molar-refractivity contribution >= 4 is 11.6 Å². The number of fused-ring (bicyclic) bond motifs is 3. The second-order valence-corrected chi connectivity index (χ2v) is 11.0. The second kappa shape index (κ2) is 9.20. The first-order chi connectivity index (χ1) is 17.9. The molecule has 3 aromatic rings. The molecule has 200 valence electrons. The highest BCUT2D eigenvalue weighted by Crippen LogP contribution is 2.60. The SMILES string of the molecule is Cc1ncccc1NC(=O)c1ccc2c(c1)CC[C@@H]1C[C@@](O)(C(F)(F)F)[C@](C)(O)C[C@@]21Cc1ccccc1. The van der Waals surface area contributed by atoms with Gasteiger partial charge in [0.15, 0.2) is 5.60 Å². The summed E-state index contributed by atoms with van der Waals surface area (Å²) in [4.78, 5) is 17.3. The number of aryl methyl sites for hydroxylation is 2. The first-order valence-electron chi connectivity index (χ1n) is 12.8.